The molecule has 2 rings (SSSR count). The maximum atomic E-state index is 5.98. The van der Waals surface area contributed by atoms with Crippen LogP contribution in [0.3, 0.4) is 0 Å². The van der Waals surface area contributed by atoms with Gasteiger partial charge in [-0.15, -0.1) is 12.4 Å². The molecule has 0 saturated heterocycles. The number of fused-ring (bicyclic) bond motifs is 1. The first kappa shape index (κ1) is 12.6. The molecule has 0 bridgehead atoms. The lowest BCUT2D eigenvalue weighted by atomic mass is 10.0. The highest BCUT2D eigenvalue weighted by Crippen LogP contribution is 2.39. The van der Waals surface area contributed by atoms with E-state index in [1.54, 1.807) is 7.11 Å². The fraction of sp³-hybridized carbons (Fsp3) is 0.400. The van der Waals surface area contributed by atoms with Gasteiger partial charge >= 0.3 is 0 Å². The van der Waals surface area contributed by atoms with Crippen LogP contribution in [-0.2, 0) is 0 Å². The van der Waals surface area contributed by atoms with Gasteiger partial charge in [-0.25, -0.2) is 0 Å². The first-order valence-electron chi connectivity index (χ1n) is 4.48. The summed E-state index contributed by atoms with van der Waals surface area (Å²) in [4.78, 5) is 0. The van der Waals surface area contributed by atoms with Crippen LogP contribution in [0.25, 0.3) is 0 Å². The zero-order valence-corrected chi connectivity index (χ0v) is 10.7. The highest BCUT2D eigenvalue weighted by Gasteiger charge is 2.21. The van der Waals surface area contributed by atoms with E-state index in [0.717, 1.165) is 28.0 Å². The molecule has 1 atom stereocenters. The van der Waals surface area contributed by atoms with Crippen LogP contribution in [0.1, 0.15) is 18.0 Å². The second kappa shape index (κ2) is 5.05. The molecule has 1 aliphatic heterocycles. The normalized spacial score (nSPS) is 18.5. The first-order valence-corrected chi connectivity index (χ1v) is 5.27. The number of rotatable bonds is 1. The smallest absolute Gasteiger partial charge is 0.138 e. The van der Waals surface area contributed by atoms with Crippen LogP contribution in [0.15, 0.2) is 16.6 Å². The Labute approximate surface area is 103 Å². The quantitative estimate of drug-likeness (QED) is 0.866. The van der Waals surface area contributed by atoms with E-state index in [9.17, 15) is 0 Å². The van der Waals surface area contributed by atoms with E-state index in [-0.39, 0.29) is 18.4 Å². The molecule has 0 unspecified atom stereocenters. The van der Waals surface area contributed by atoms with Crippen molar-refractivity contribution in [2.45, 2.75) is 12.5 Å². The molecule has 2 N–H and O–H groups in total. The van der Waals surface area contributed by atoms with Crippen molar-refractivity contribution in [2.75, 3.05) is 13.7 Å². The summed E-state index contributed by atoms with van der Waals surface area (Å²) >= 11 is 3.44. The third-order valence-electron chi connectivity index (χ3n) is 2.36. The van der Waals surface area contributed by atoms with Crippen molar-refractivity contribution in [3.8, 4) is 11.5 Å². The zero-order chi connectivity index (χ0) is 10.1. The van der Waals surface area contributed by atoms with E-state index in [2.05, 4.69) is 15.9 Å². The van der Waals surface area contributed by atoms with Crippen molar-refractivity contribution < 1.29 is 9.47 Å². The van der Waals surface area contributed by atoms with Crippen LogP contribution in [0.2, 0.25) is 0 Å². The Morgan fingerprint density at radius 3 is 2.93 bits per heavy atom. The van der Waals surface area contributed by atoms with Crippen LogP contribution < -0.4 is 15.2 Å². The summed E-state index contributed by atoms with van der Waals surface area (Å²) in [6.45, 7) is 0.680. The molecule has 0 aromatic heterocycles. The van der Waals surface area contributed by atoms with Crippen LogP contribution in [-0.4, -0.2) is 13.7 Å². The van der Waals surface area contributed by atoms with Crippen molar-refractivity contribution in [1.29, 1.82) is 0 Å². The molecule has 84 valence electrons. The van der Waals surface area contributed by atoms with E-state index in [1.165, 1.54) is 0 Å². The molecule has 3 nitrogen and oxygen atoms in total. The van der Waals surface area contributed by atoms with Crippen molar-refractivity contribution in [1.82, 2.24) is 0 Å². The van der Waals surface area contributed by atoms with Crippen LogP contribution >= 0.6 is 28.3 Å². The fourth-order valence-corrected chi connectivity index (χ4v) is 2.15. The molecule has 0 radical (unpaired) electrons. The SMILES string of the molecule is COc1cc(Br)c2c(c1)[C@H](N)CCO2.Cl. The predicted molar refractivity (Wildman–Crippen MR) is 65.0 cm³/mol. The first-order chi connectivity index (χ1) is 6.72. The van der Waals surface area contributed by atoms with Gasteiger partial charge in [0, 0.05) is 18.0 Å². The Morgan fingerprint density at radius 1 is 1.53 bits per heavy atom. The Hall–Kier alpha value is -0.450. The van der Waals surface area contributed by atoms with Gasteiger partial charge in [0.2, 0.25) is 0 Å². The summed E-state index contributed by atoms with van der Waals surface area (Å²) in [6, 6.07) is 3.87. The average Bonchev–Trinajstić information content (AvgIpc) is 2.19. The fourth-order valence-electron chi connectivity index (χ4n) is 1.58. The third-order valence-corrected chi connectivity index (χ3v) is 2.95. The molecule has 0 aliphatic carbocycles. The second-order valence-electron chi connectivity index (χ2n) is 3.27. The summed E-state index contributed by atoms with van der Waals surface area (Å²) < 4.78 is 11.6. The van der Waals surface area contributed by atoms with Gasteiger partial charge in [0.25, 0.3) is 0 Å². The van der Waals surface area contributed by atoms with E-state index in [1.807, 2.05) is 12.1 Å². The lowest BCUT2D eigenvalue weighted by Gasteiger charge is -2.24. The topological polar surface area (TPSA) is 44.5 Å². The van der Waals surface area contributed by atoms with Gasteiger partial charge in [-0.2, -0.15) is 0 Å². The minimum absolute atomic E-state index is 0. The monoisotopic (exact) mass is 293 g/mol. The third kappa shape index (κ3) is 2.38. The molecule has 1 aromatic carbocycles. The molecule has 0 amide bonds. The zero-order valence-electron chi connectivity index (χ0n) is 8.33. The summed E-state index contributed by atoms with van der Waals surface area (Å²) in [5.41, 5.74) is 7.00. The standard InChI is InChI=1S/C10H12BrNO2.ClH/c1-13-6-4-7-9(12)2-3-14-10(7)8(11)5-6;/h4-5,9H,2-3,12H2,1H3;1H/t9-;/m1./s1. The maximum absolute atomic E-state index is 5.98. The summed E-state index contributed by atoms with van der Waals surface area (Å²) in [5.74, 6) is 1.65. The van der Waals surface area contributed by atoms with Crippen molar-refractivity contribution in [3.05, 3.63) is 22.2 Å². The molecule has 15 heavy (non-hydrogen) atoms. The van der Waals surface area contributed by atoms with Gasteiger partial charge in [0.1, 0.15) is 11.5 Å². The van der Waals surface area contributed by atoms with Crippen LogP contribution in [0.5, 0.6) is 11.5 Å². The molecule has 0 fully saturated rings. The van der Waals surface area contributed by atoms with E-state index < -0.39 is 0 Å². The molecule has 1 heterocycles. The van der Waals surface area contributed by atoms with E-state index in [4.69, 9.17) is 15.2 Å². The van der Waals surface area contributed by atoms with Crippen molar-refractivity contribution >= 4 is 28.3 Å². The van der Waals surface area contributed by atoms with E-state index in [0.29, 0.717) is 6.61 Å². The minimum Gasteiger partial charge on any atom is -0.497 e. The number of methoxy groups -OCH3 is 1. The Balaban J connectivity index is 0.00000112. The highest BCUT2D eigenvalue weighted by atomic mass is 79.9. The lowest BCUT2D eigenvalue weighted by molar-refractivity contribution is 0.266. The summed E-state index contributed by atoms with van der Waals surface area (Å²) in [5, 5.41) is 0. The molecule has 1 aliphatic rings. The Bertz CT molecular complexity index is 360. The Kier molecular flexibility index (Phi) is 4.25. The molecule has 1 aromatic rings. The molecule has 0 spiro atoms. The van der Waals surface area contributed by atoms with Gasteiger partial charge in [-0.3, -0.25) is 0 Å². The van der Waals surface area contributed by atoms with Crippen LogP contribution in [0, 0.1) is 0 Å². The summed E-state index contributed by atoms with van der Waals surface area (Å²) in [7, 11) is 1.64. The van der Waals surface area contributed by atoms with Gasteiger partial charge in [0.05, 0.1) is 18.2 Å². The number of halogens is 2. The molecule has 0 saturated carbocycles. The number of nitrogens with two attached hydrogens (primary N) is 1. The van der Waals surface area contributed by atoms with Gasteiger partial charge < -0.3 is 15.2 Å². The summed E-state index contributed by atoms with van der Waals surface area (Å²) in [6.07, 6.45) is 0.854. The number of hydrogen-bond acceptors (Lipinski definition) is 3. The Morgan fingerprint density at radius 2 is 2.27 bits per heavy atom. The van der Waals surface area contributed by atoms with Gasteiger partial charge in [-0.05, 0) is 28.1 Å². The molecular formula is C10H13BrClNO2. The highest BCUT2D eigenvalue weighted by molar-refractivity contribution is 9.10. The largest absolute Gasteiger partial charge is 0.497 e. The maximum Gasteiger partial charge on any atom is 0.138 e. The molecular weight excluding hydrogens is 281 g/mol. The second-order valence-corrected chi connectivity index (χ2v) is 4.13. The number of hydrogen-bond donors (Lipinski definition) is 1. The average molecular weight is 295 g/mol. The minimum atomic E-state index is 0. The lowest BCUT2D eigenvalue weighted by Crippen LogP contribution is -2.20. The number of ether oxygens (including phenoxy) is 2. The van der Waals surface area contributed by atoms with Crippen molar-refractivity contribution in [3.63, 3.8) is 0 Å². The number of benzene rings is 1. The van der Waals surface area contributed by atoms with Crippen LogP contribution in [0.4, 0.5) is 0 Å². The predicted octanol–water partition coefficient (Wildman–Crippen LogP) is 2.66. The van der Waals surface area contributed by atoms with Gasteiger partial charge in [0.15, 0.2) is 0 Å². The van der Waals surface area contributed by atoms with E-state index >= 15 is 0 Å². The molecule has 5 heteroatoms. The van der Waals surface area contributed by atoms with Gasteiger partial charge in [-0.1, -0.05) is 0 Å². The van der Waals surface area contributed by atoms with Crippen molar-refractivity contribution in [2.24, 2.45) is 5.73 Å².